The zero-order chi connectivity index (χ0) is 19.1. The molecule has 0 aliphatic heterocycles. The standard InChI is InChI=1S/C20H19ClN4O2/c1-27-17-5-3-2-4-15(17)13-22-18-10-11-19(25-24-18)23-20(26)12-14-6-8-16(21)9-7-14/h2-11H,12-13H2,1H3,(H,22,24)(H,23,25,26). The summed E-state index contributed by atoms with van der Waals surface area (Å²) in [4.78, 5) is 12.1. The molecule has 0 spiro atoms. The van der Waals surface area contributed by atoms with Crippen molar-refractivity contribution in [2.75, 3.05) is 17.7 Å². The Labute approximate surface area is 162 Å². The van der Waals surface area contributed by atoms with Gasteiger partial charge in [0.15, 0.2) is 5.82 Å². The second kappa shape index (κ2) is 9.00. The van der Waals surface area contributed by atoms with Crippen molar-refractivity contribution < 1.29 is 9.53 Å². The highest BCUT2D eigenvalue weighted by Gasteiger charge is 2.07. The van der Waals surface area contributed by atoms with Gasteiger partial charge in [0.2, 0.25) is 5.91 Å². The molecule has 3 aromatic rings. The molecule has 0 radical (unpaired) electrons. The topological polar surface area (TPSA) is 76.1 Å². The number of carbonyl (C=O) groups excluding carboxylic acids is 1. The Hall–Kier alpha value is -3.12. The normalized spacial score (nSPS) is 10.3. The summed E-state index contributed by atoms with van der Waals surface area (Å²) in [5.41, 5.74) is 1.89. The molecule has 1 amide bonds. The lowest BCUT2D eigenvalue weighted by molar-refractivity contribution is -0.115. The van der Waals surface area contributed by atoms with E-state index in [9.17, 15) is 4.79 Å². The number of carbonyl (C=O) groups is 1. The molecule has 1 heterocycles. The monoisotopic (exact) mass is 382 g/mol. The Balaban J connectivity index is 1.53. The summed E-state index contributed by atoms with van der Waals surface area (Å²) in [6.07, 6.45) is 0.243. The largest absolute Gasteiger partial charge is 0.496 e. The third kappa shape index (κ3) is 5.43. The predicted molar refractivity (Wildman–Crippen MR) is 106 cm³/mol. The number of halogens is 1. The number of benzene rings is 2. The SMILES string of the molecule is COc1ccccc1CNc1ccc(NC(=O)Cc2ccc(Cl)cc2)nn1. The van der Waals surface area contributed by atoms with E-state index in [4.69, 9.17) is 16.3 Å². The van der Waals surface area contributed by atoms with Gasteiger partial charge in [-0.2, -0.15) is 0 Å². The van der Waals surface area contributed by atoms with Gasteiger partial charge in [-0.25, -0.2) is 0 Å². The van der Waals surface area contributed by atoms with Crippen LogP contribution in [0.5, 0.6) is 5.75 Å². The van der Waals surface area contributed by atoms with Crippen molar-refractivity contribution in [3.63, 3.8) is 0 Å². The third-order valence-corrected chi connectivity index (χ3v) is 4.11. The summed E-state index contributed by atoms with van der Waals surface area (Å²) >= 11 is 5.84. The summed E-state index contributed by atoms with van der Waals surface area (Å²) in [5.74, 6) is 1.65. The van der Waals surface area contributed by atoms with Crippen molar-refractivity contribution >= 4 is 29.1 Å². The third-order valence-electron chi connectivity index (χ3n) is 3.86. The Morgan fingerprint density at radius 1 is 1.00 bits per heavy atom. The lowest BCUT2D eigenvalue weighted by Crippen LogP contribution is -2.16. The summed E-state index contributed by atoms with van der Waals surface area (Å²) in [6, 6.07) is 18.4. The van der Waals surface area contributed by atoms with Crippen LogP contribution in [-0.4, -0.2) is 23.2 Å². The fourth-order valence-corrected chi connectivity index (χ4v) is 2.63. The minimum atomic E-state index is -0.165. The van der Waals surface area contributed by atoms with Gasteiger partial charge in [-0.3, -0.25) is 4.79 Å². The second-order valence-corrected chi connectivity index (χ2v) is 6.26. The second-order valence-electron chi connectivity index (χ2n) is 5.82. The maximum absolute atomic E-state index is 12.1. The molecule has 138 valence electrons. The number of para-hydroxylation sites is 1. The van der Waals surface area contributed by atoms with Crippen LogP contribution >= 0.6 is 11.6 Å². The molecule has 3 rings (SSSR count). The molecule has 0 saturated carbocycles. The first kappa shape index (κ1) is 18.7. The summed E-state index contributed by atoms with van der Waals surface area (Å²) in [6.45, 7) is 0.557. The lowest BCUT2D eigenvalue weighted by Gasteiger charge is -2.10. The van der Waals surface area contributed by atoms with Gasteiger partial charge < -0.3 is 15.4 Å². The van der Waals surface area contributed by atoms with E-state index in [1.807, 2.05) is 36.4 Å². The van der Waals surface area contributed by atoms with Crippen molar-refractivity contribution in [3.8, 4) is 5.75 Å². The van der Waals surface area contributed by atoms with Crippen LogP contribution < -0.4 is 15.4 Å². The van der Waals surface area contributed by atoms with E-state index in [2.05, 4.69) is 20.8 Å². The Morgan fingerprint density at radius 2 is 1.70 bits per heavy atom. The number of rotatable bonds is 7. The van der Waals surface area contributed by atoms with Gasteiger partial charge in [-0.1, -0.05) is 41.9 Å². The smallest absolute Gasteiger partial charge is 0.229 e. The van der Waals surface area contributed by atoms with E-state index in [1.54, 1.807) is 31.4 Å². The highest BCUT2D eigenvalue weighted by Crippen LogP contribution is 2.18. The van der Waals surface area contributed by atoms with Crippen LogP contribution in [0, 0.1) is 0 Å². The van der Waals surface area contributed by atoms with Crippen LogP contribution in [0.2, 0.25) is 5.02 Å². The number of aromatic nitrogens is 2. The van der Waals surface area contributed by atoms with Gasteiger partial charge in [0.1, 0.15) is 11.6 Å². The van der Waals surface area contributed by atoms with Crippen molar-refractivity contribution in [3.05, 3.63) is 76.8 Å². The Morgan fingerprint density at radius 3 is 2.41 bits per heavy atom. The van der Waals surface area contributed by atoms with Gasteiger partial charge in [-0.05, 0) is 35.9 Å². The molecule has 6 nitrogen and oxygen atoms in total. The molecule has 0 fully saturated rings. The van der Waals surface area contributed by atoms with Crippen molar-refractivity contribution in [2.24, 2.45) is 0 Å². The van der Waals surface area contributed by atoms with Crippen LogP contribution in [-0.2, 0) is 17.8 Å². The maximum Gasteiger partial charge on any atom is 0.229 e. The van der Waals surface area contributed by atoms with E-state index >= 15 is 0 Å². The molecule has 2 aromatic carbocycles. The average Bonchev–Trinajstić information content (AvgIpc) is 2.69. The number of hydrogen-bond donors (Lipinski definition) is 2. The van der Waals surface area contributed by atoms with Gasteiger partial charge in [0.05, 0.1) is 13.5 Å². The van der Waals surface area contributed by atoms with E-state index in [0.717, 1.165) is 16.9 Å². The average molecular weight is 383 g/mol. The summed E-state index contributed by atoms with van der Waals surface area (Å²) < 4.78 is 5.32. The van der Waals surface area contributed by atoms with E-state index in [0.29, 0.717) is 23.2 Å². The maximum atomic E-state index is 12.1. The molecule has 2 N–H and O–H groups in total. The van der Waals surface area contributed by atoms with Gasteiger partial charge in [-0.15, -0.1) is 10.2 Å². The minimum absolute atomic E-state index is 0.165. The Kier molecular flexibility index (Phi) is 6.22. The number of methoxy groups -OCH3 is 1. The van der Waals surface area contributed by atoms with Crippen LogP contribution in [0.15, 0.2) is 60.7 Å². The summed E-state index contributed by atoms with van der Waals surface area (Å²) in [7, 11) is 1.64. The quantitative estimate of drug-likeness (QED) is 0.647. The highest BCUT2D eigenvalue weighted by molar-refractivity contribution is 6.30. The number of ether oxygens (including phenoxy) is 1. The number of hydrogen-bond acceptors (Lipinski definition) is 5. The molecular formula is C20H19ClN4O2. The van der Waals surface area contributed by atoms with Crippen molar-refractivity contribution in [1.29, 1.82) is 0 Å². The fraction of sp³-hybridized carbons (Fsp3) is 0.150. The summed E-state index contributed by atoms with van der Waals surface area (Å²) in [5, 5.41) is 14.7. The van der Waals surface area contributed by atoms with Crippen LogP contribution in [0.1, 0.15) is 11.1 Å². The molecule has 27 heavy (non-hydrogen) atoms. The molecule has 0 atom stereocenters. The zero-order valence-corrected chi connectivity index (χ0v) is 15.5. The van der Waals surface area contributed by atoms with Crippen molar-refractivity contribution in [1.82, 2.24) is 10.2 Å². The van der Waals surface area contributed by atoms with E-state index in [-0.39, 0.29) is 12.3 Å². The molecule has 7 heteroatoms. The minimum Gasteiger partial charge on any atom is -0.496 e. The van der Waals surface area contributed by atoms with Crippen molar-refractivity contribution in [2.45, 2.75) is 13.0 Å². The number of amides is 1. The van der Waals surface area contributed by atoms with Crippen LogP contribution in [0.25, 0.3) is 0 Å². The molecule has 0 bridgehead atoms. The molecule has 0 aliphatic rings. The van der Waals surface area contributed by atoms with Gasteiger partial charge in [0.25, 0.3) is 0 Å². The van der Waals surface area contributed by atoms with Gasteiger partial charge in [0, 0.05) is 17.1 Å². The first-order valence-electron chi connectivity index (χ1n) is 8.38. The van der Waals surface area contributed by atoms with Crippen LogP contribution in [0.3, 0.4) is 0 Å². The Bertz CT molecular complexity index is 899. The number of anilines is 2. The fourth-order valence-electron chi connectivity index (χ4n) is 2.50. The molecular weight excluding hydrogens is 364 g/mol. The first-order chi connectivity index (χ1) is 13.1. The molecule has 1 aromatic heterocycles. The number of nitrogens with one attached hydrogen (secondary N) is 2. The van der Waals surface area contributed by atoms with E-state index in [1.165, 1.54) is 0 Å². The first-order valence-corrected chi connectivity index (χ1v) is 8.75. The molecule has 0 unspecified atom stereocenters. The lowest BCUT2D eigenvalue weighted by atomic mass is 10.1. The van der Waals surface area contributed by atoms with E-state index < -0.39 is 0 Å². The predicted octanol–water partition coefficient (Wildman–Crippen LogP) is 3.93. The zero-order valence-electron chi connectivity index (χ0n) is 14.8. The highest BCUT2D eigenvalue weighted by atomic mass is 35.5. The molecule has 0 aliphatic carbocycles. The number of nitrogens with zero attached hydrogens (tertiary/aromatic N) is 2. The van der Waals surface area contributed by atoms with Gasteiger partial charge >= 0.3 is 0 Å². The molecule has 0 saturated heterocycles. The van der Waals surface area contributed by atoms with Crippen LogP contribution in [0.4, 0.5) is 11.6 Å².